The number of thiazole rings is 1. The molecule has 0 bridgehead atoms. The molecule has 0 aromatic carbocycles. The third kappa shape index (κ3) is 1.83. The summed E-state index contributed by atoms with van der Waals surface area (Å²) in [4.78, 5) is 8.14. The molecule has 2 rings (SSSR count). The van der Waals surface area contributed by atoms with Crippen molar-refractivity contribution < 1.29 is 4.52 Å². The van der Waals surface area contributed by atoms with Crippen molar-refractivity contribution in [2.45, 2.75) is 13.3 Å². The fraction of sp³-hybridized carbons (Fsp3) is 0.286. The van der Waals surface area contributed by atoms with Crippen LogP contribution in [0.4, 0.5) is 5.13 Å². The summed E-state index contributed by atoms with van der Waals surface area (Å²) in [7, 11) is 0. The van der Waals surface area contributed by atoms with E-state index in [2.05, 4.69) is 15.1 Å². The van der Waals surface area contributed by atoms with Gasteiger partial charge >= 0.3 is 0 Å². The highest BCUT2D eigenvalue weighted by molar-refractivity contribution is 7.13. The molecule has 2 aromatic heterocycles. The Morgan fingerprint density at radius 1 is 1.54 bits per heavy atom. The molecule has 0 spiro atoms. The fourth-order valence-corrected chi connectivity index (χ4v) is 1.53. The van der Waals surface area contributed by atoms with Crippen LogP contribution in [0.1, 0.15) is 17.4 Å². The minimum absolute atomic E-state index is 0.550. The van der Waals surface area contributed by atoms with Crippen molar-refractivity contribution in [3.8, 4) is 0 Å². The molecule has 2 heterocycles. The average molecular weight is 196 g/mol. The molecular formula is C7H8N4OS. The van der Waals surface area contributed by atoms with Gasteiger partial charge in [0.05, 0.1) is 12.1 Å². The molecule has 0 radical (unpaired) electrons. The van der Waals surface area contributed by atoms with E-state index in [1.54, 1.807) is 6.92 Å². The van der Waals surface area contributed by atoms with E-state index < -0.39 is 0 Å². The number of aromatic nitrogens is 3. The van der Waals surface area contributed by atoms with Gasteiger partial charge < -0.3 is 10.3 Å². The van der Waals surface area contributed by atoms with Crippen molar-refractivity contribution >= 4 is 16.5 Å². The van der Waals surface area contributed by atoms with Crippen LogP contribution in [0.25, 0.3) is 0 Å². The van der Waals surface area contributed by atoms with E-state index in [0.29, 0.717) is 23.3 Å². The van der Waals surface area contributed by atoms with Gasteiger partial charge in [0.25, 0.3) is 0 Å². The maximum atomic E-state index is 5.48. The molecule has 0 unspecified atom stereocenters. The van der Waals surface area contributed by atoms with E-state index >= 15 is 0 Å². The van der Waals surface area contributed by atoms with Gasteiger partial charge in [-0.05, 0) is 6.92 Å². The SMILES string of the molecule is Cc1noc(Cc2csc(N)n2)n1. The third-order valence-electron chi connectivity index (χ3n) is 1.47. The summed E-state index contributed by atoms with van der Waals surface area (Å²) in [6.07, 6.45) is 0.550. The van der Waals surface area contributed by atoms with Gasteiger partial charge in [-0.1, -0.05) is 5.16 Å². The molecule has 6 heteroatoms. The number of nitrogens with two attached hydrogens (primary N) is 1. The Morgan fingerprint density at radius 2 is 2.38 bits per heavy atom. The van der Waals surface area contributed by atoms with Crippen LogP contribution in [0.15, 0.2) is 9.90 Å². The molecule has 0 saturated carbocycles. The van der Waals surface area contributed by atoms with Gasteiger partial charge in [-0.15, -0.1) is 11.3 Å². The van der Waals surface area contributed by atoms with Gasteiger partial charge in [0, 0.05) is 5.38 Å². The topological polar surface area (TPSA) is 77.8 Å². The van der Waals surface area contributed by atoms with Crippen molar-refractivity contribution in [3.63, 3.8) is 0 Å². The molecule has 0 amide bonds. The largest absolute Gasteiger partial charge is 0.375 e. The molecule has 5 nitrogen and oxygen atoms in total. The second kappa shape index (κ2) is 3.14. The number of anilines is 1. The zero-order valence-electron chi connectivity index (χ0n) is 7.02. The van der Waals surface area contributed by atoms with E-state index in [1.807, 2.05) is 5.38 Å². The molecule has 13 heavy (non-hydrogen) atoms. The van der Waals surface area contributed by atoms with E-state index in [0.717, 1.165) is 5.69 Å². The second-order valence-corrected chi connectivity index (χ2v) is 3.48. The second-order valence-electron chi connectivity index (χ2n) is 2.59. The molecule has 0 aliphatic carbocycles. The van der Waals surface area contributed by atoms with E-state index in [-0.39, 0.29) is 0 Å². The highest BCUT2D eigenvalue weighted by Gasteiger charge is 2.06. The molecule has 2 aromatic rings. The summed E-state index contributed by atoms with van der Waals surface area (Å²) in [5.41, 5.74) is 6.35. The number of rotatable bonds is 2. The highest BCUT2D eigenvalue weighted by Crippen LogP contribution is 2.13. The quantitative estimate of drug-likeness (QED) is 0.775. The predicted octanol–water partition coefficient (Wildman–Crippen LogP) is 1.01. The first-order valence-electron chi connectivity index (χ1n) is 3.73. The van der Waals surface area contributed by atoms with Crippen LogP contribution >= 0.6 is 11.3 Å². The van der Waals surface area contributed by atoms with Gasteiger partial charge in [-0.25, -0.2) is 4.98 Å². The van der Waals surface area contributed by atoms with Crippen molar-refractivity contribution in [1.82, 2.24) is 15.1 Å². The first-order chi connectivity index (χ1) is 6.24. The lowest BCUT2D eigenvalue weighted by Crippen LogP contribution is -1.90. The van der Waals surface area contributed by atoms with Crippen molar-refractivity contribution in [2.75, 3.05) is 5.73 Å². The number of nitrogen functional groups attached to an aromatic ring is 1. The van der Waals surface area contributed by atoms with Crippen LogP contribution in [0.2, 0.25) is 0 Å². The van der Waals surface area contributed by atoms with Crippen LogP contribution < -0.4 is 5.73 Å². The lowest BCUT2D eigenvalue weighted by Gasteiger charge is -1.86. The Hall–Kier alpha value is -1.43. The summed E-state index contributed by atoms with van der Waals surface area (Å²) in [5.74, 6) is 1.21. The predicted molar refractivity (Wildman–Crippen MR) is 48.4 cm³/mol. The Morgan fingerprint density at radius 3 is 2.92 bits per heavy atom. The number of nitrogens with zero attached hydrogens (tertiary/aromatic N) is 3. The lowest BCUT2D eigenvalue weighted by molar-refractivity contribution is 0.380. The van der Waals surface area contributed by atoms with Gasteiger partial charge in [0.1, 0.15) is 0 Å². The van der Waals surface area contributed by atoms with Gasteiger partial charge in [0.2, 0.25) is 5.89 Å². The van der Waals surface area contributed by atoms with E-state index in [1.165, 1.54) is 11.3 Å². The zero-order chi connectivity index (χ0) is 9.26. The summed E-state index contributed by atoms with van der Waals surface area (Å²) in [5, 5.41) is 6.12. The molecule has 0 aliphatic heterocycles. The smallest absolute Gasteiger partial charge is 0.232 e. The number of aryl methyl sites for hydroxylation is 1. The maximum Gasteiger partial charge on any atom is 0.232 e. The van der Waals surface area contributed by atoms with Crippen molar-refractivity contribution in [3.05, 3.63) is 22.8 Å². The fourth-order valence-electron chi connectivity index (χ4n) is 0.971. The Labute approximate surface area is 78.6 Å². The monoisotopic (exact) mass is 196 g/mol. The van der Waals surface area contributed by atoms with E-state index in [4.69, 9.17) is 10.3 Å². The Bertz CT molecular complexity index is 370. The summed E-state index contributed by atoms with van der Waals surface area (Å²) in [6, 6.07) is 0. The Balaban J connectivity index is 2.14. The molecule has 0 atom stereocenters. The Kier molecular flexibility index (Phi) is 1.97. The first kappa shape index (κ1) is 8.18. The summed E-state index contributed by atoms with van der Waals surface area (Å²) >= 11 is 1.41. The van der Waals surface area contributed by atoms with Crippen LogP contribution in [-0.2, 0) is 6.42 Å². The summed E-state index contributed by atoms with van der Waals surface area (Å²) in [6.45, 7) is 1.78. The normalized spacial score (nSPS) is 10.5. The van der Waals surface area contributed by atoms with Gasteiger partial charge in [0.15, 0.2) is 11.0 Å². The van der Waals surface area contributed by atoms with Gasteiger partial charge in [-0.3, -0.25) is 0 Å². The molecule has 0 saturated heterocycles. The maximum absolute atomic E-state index is 5.48. The molecule has 0 aliphatic rings. The highest BCUT2D eigenvalue weighted by atomic mass is 32.1. The van der Waals surface area contributed by atoms with Crippen LogP contribution in [-0.4, -0.2) is 15.1 Å². The van der Waals surface area contributed by atoms with Crippen LogP contribution in [0, 0.1) is 6.92 Å². The van der Waals surface area contributed by atoms with Gasteiger partial charge in [-0.2, -0.15) is 4.98 Å². The minimum Gasteiger partial charge on any atom is -0.375 e. The minimum atomic E-state index is 0.550. The standard InChI is InChI=1S/C7H8N4OS/c1-4-9-6(12-11-4)2-5-3-13-7(8)10-5/h3H,2H2,1H3,(H2,8,10). The third-order valence-corrected chi connectivity index (χ3v) is 2.19. The zero-order valence-corrected chi connectivity index (χ0v) is 7.84. The van der Waals surface area contributed by atoms with Crippen LogP contribution in [0.3, 0.4) is 0 Å². The number of hydrogen-bond acceptors (Lipinski definition) is 6. The van der Waals surface area contributed by atoms with Crippen molar-refractivity contribution in [2.24, 2.45) is 0 Å². The molecule has 68 valence electrons. The van der Waals surface area contributed by atoms with E-state index in [9.17, 15) is 0 Å². The number of hydrogen-bond donors (Lipinski definition) is 1. The van der Waals surface area contributed by atoms with Crippen molar-refractivity contribution in [1.29, 1.82) is 0 Å². The first-order valence-corrected chi connectivity index (χ1v) is 4.61. The average Bonchev–Trinajstić information content (AvgIpc) is 2.62. The molecule has 0 fully saturated rings. The van der Waals surface area contributed by atoms with Crippen LogP contribution in [0.5, 0.6) is 0 Å². The summed E-state index contributed by atoms with van der Waals surface area (Å²) < 4.78 is 4.94. The molecular weight excluding hydrogens is 188 g/mol. The molecule has 2 N–H and O–H groups in total. The lowest BCUT2D eigenvalue weighted by atomic mass is 10.3.